The Labute approximate surface area is 147 Å². The van der Waals surface area contributed by atoms with Gasteiger partial charge in [-0.1, -0.05) is 42.5 Å². The molecule has 0 radical (unpaired) electrons. The Morgan fingerprint density at radius 1 is 0.833 bits per heavy atom. The van der Waals surface area contributed by atoms with Gasteiger partial charge >= 0.3 is 0 Å². The SMILES string of the molecule is C=C.C=C1C(C)=C(c2cc(C)c(C)c(C)c2)Cc2cc(C)ccc21. The minimum absolute atomic E-state index is 1.00. The van der Waals surface area contributed by atoms with E-state index in [9.17, 15) is 0 Å². The number of benzene rings is 2. The molecule has 0 fully saturated rings. The van der Waals surface area contributed by atoms with Crippen LogP contribution in [0.1, 0.15) is 45.9 Å². The van der Waals surface area contributed by atoms with Crippen molar-refractivity contribution in [2.24, 2.45) is 0 Å². The Balaban J connectivity index is 0.00000100. The van der Waals surface area contributed by atoms with Crippen LogP contribution in [-0.4, -0.2) is 0 Å². The Kier molecular flexibility index (Phi) is 5.29. The molecule has 0 aliphatic heterocycles. The molecule has 0 atom stereocenters. The quantitative estimate of drug-likeness (QED) is 0.509. The zero-order chi connectivity index (χ0) is 18.0. The third kappa shape index (κ3) is 3.14. The van der Waals surface area contributed by atoms with Gasteiger partial charge in [0.15, 0.2) is 0 Å². The van der Waals surface area contributed by atoms with Crippen molar-refractivity contribution < 1.29 is 0 Å². The monoisotopic (exact) mass is 316 g/mol. The van der Waals surface area contributed by atoms with Gasteiger partial charge in [0, 0.05) is 0 Å². The Morgan fingerprint density at radius 2 is 1.42 bits per heavy atom. The molecule has 0 aromatic heterocycles. The van der Waals surface area contributed by atoms with E-state index in [0.29, 0.717) is 0 Å². The van der Waals surface area contributed by atoms with Gasteiger partial charge in [-0.15, -0.1) is 13.2 Å². The first kappa shape index (κ1) is 18.0. The lowest BCUT2D eigenvalue weighted by Gasteiger charge is -2.25. The highest BCUT2D eigenvalue weighted by atomic mass is 14.2. The van der Waals surface area contributed by atoms with Gasteiger partial charge in [-0.2, -0.15) is 0 Å². The molecule has 0 heteroatoms. The van der Waals surface area contributed by atoms with E-state index in [-0.39, 0.29) is 0 Å². The van der Waals surface area contributed by atoms with E-state index in [1.807, 2.05) is 0 Å². The maximum Gasteiger partial charge on any atom is -0.00107 e. The fourth-order valence-electron chi connectivity index (χ4n) is 3.40. The maximum atomic E-state index is 4.35. The lowest BCUT2D eigenvalue weighted by atomic mass is 9.79. The van der Waals surface area contributed by atoms with Crippen molar-refractivity contribution in [2.45, 2.75) is 41.0 Å². The summed E-state index contributed by atoms with van der Waals surface area (Å²) < 4.78 is 0. The second kappa shape index (κ2) is 7.05. The number of hydrogen-bond donors (Lipinski definition) is 0. The van der Waals surface area contributed by atoms with Gasteiger partial charge < -0.3 is 0 Å². The van der Waals surface area contributed by atoms with E-state index in [1.165, 1.54) is 55.7 Å². The van der Waals surface area contributed by atoms with Crippen LogP contribution in [0.4, 0.5) is 0 Å². The molecule has 1 aliphatic rings. The topological polar surface area (TPSA) is 0 Å². The molecule has 0 saturated heterocycles. The van der Waals surface area contributed by atoms with E-state index >= 15 is 0 Å². The lowest BCUT2D eigenvalue weighted by Crippen LogP contribution is -2.07. The largest absolute Gasteiger partial charge is 0.106 e. The summed E-state index contributed by atoms with van der Waals surface area (Å²) in [5.74, 6) is 0. The molecule has 0 bridgehead atoms. The van der Waals surface area contributed by atoms with Crippen LogP contribution in [0.25, 0.3) is 11.1 Å². The fraction of sp³-hybridized carbons (Fsp3) is 0.250. The van der Waals surface area contributed by atoms with E-state index < -0.39 is 0 Å². The van der Waals surface area contributed by atoms with Crippen LogP contribution in [0.2, 0.25) is 0 Å². The fourth-order valence-corrected chi connectivity index (χ4v) is 3.40. The standard InChI is InChI=1S/C22H24.C2H4/c1-13-7-8-21-17(5)18(6)22(12-19(21)9-13)20-10-14(2)16(4)15(3)11-20;1-2/h7-11H,5,12H2,1-4,6H3;1-2H2. The average Bonchev–Trinajstić information content (AvgIpc) is 2.57. The minimum atomic E-state index is 1.00. The van der Waals surface area contributed by atoms with Crippen LogP contribution in [0.5, 0.6) is 0 Å². The zero-order valence-electron chi connectivity index (χ0n) is 15.7. The van der Waals surface area contributed by atoms with Gasteiger partial charge in [-0.25, -0.2) is 0 Å². The zero-order valence-corrected chi connectivity index (χ0v) is 15.7. The van der Waals surface area contributed by atoms with Crippen LogP contribution in [-0.2, 0) is 6.42 Å². The van der Waals surface area contributed by atoms with Crippen LogP contribution < -0.4 is 0 Å². The van der Waals surface area contributed by atoms with E-state index in [4.69, 9.17) is 0 Å². The summed E-state index contributed by atoms with van der Waals surface area (Å²) in [6.45, 7) is 21.3. The van der Waals surface area contributed by atoms with E-state index in [0.717, 1.165) is 6.42 Å². The molecule has 0 spiro atoms. The van der Waals surface area contributed by atoms with Crippen molar-refractivity contribution in [1.29, 1.82) is 0 Å². The molecule has 0 saturated carbocycles. The van der Waals surface area contributed by atoms with Crippen molar-refractivity contribution in [1.82, 2.24) is 0 Å². The molecule has 24 heavy (non-hydrogen) atoms. The average molecular weight is 316 g/mol. The van der Waals surface area contributed by atoms with Crippen molar-refractivity contribution in [2.75, 3.05) is 0 Å². The Bertz CT molecular complexity index is 808. The second-order valence-electron chi connectivity index (χ2n) is 6.65. The summed E-state index contributed by atoms with van der Waals surface area (Å²) in [6, 6.07) is 11.4. The summed E-state index contributed by atoms with van der Waals surface area (Å²) in [7, 11) is 0. The molecule has 2 aromatic rings. The maximum absolute atomic E-state index is 4.35. The Morgan fingerprint density at radius 3 is 2.00 bits per heavy atom. The number of fused-ring (bicyclic) bond motifs is 1. The summed E-state index contributed by atoms with van der Waals surface area (Å²) in [6.07, 6.45) is 1.00. The lowest BCUT2D eigenvalue weighted by molar-refractivity contribution is 1.18. The molecule has 2 aromatic carbocycles. The van der Waals surface area contributed by atoms with E-state index in [2.05, 4.69) is 84.7 Å². The van der Waals surface area contributed by atoms with Crippen molar-refractivity contribution in [3.63, 3.8) is 0 Å². The third-order valence-corrected chi connectivity index (χ3v) is 5.13. The highest BCUT2D eigenvalue weighted by molar-refractivity contribution is 5.93. The number of rotatable bonds is 1. The molecule has 0 unspecified atom stereocenters. The van der Waals surface area contributed by atoms with Gasteiger partial charge in [-0.3, -0.25) is 0 Å². The minimum Gasteiger partial charge on any atom is -0.106 e. The normalized spacial score (nSPS) is 13.3. The van der Waals surface area contributed by atoms with Gasteiger partial charge in [-0.05, 0) is 91.1 Å². The summed E-state index contributed by atoms with van der Waals surface area (Å²) in [5, 5.41) is 0. The number of hydrogen-bond acceptors (Lipinski definition) is 0. The van der Waals surface area contributed by atoms with Crippen LogP contribution in [0.15, 0.2) is 55.6 Å². The molecule has 1 aliphatic carbocycles. The summed E-state index contributed by atoms with van der Waals surface area (Å²) >= 11 is 0. The predicted molar refractivity (Wildman–Crippen MR) is 108 cm³/mol. The van der Waals surface area contributed by atoms with Gasteiger partial charge in [0.25, 0.3) is 0 Å². The van der Waals surface area contributed by atoms with Crippen LogP contribution in [0.3, 0.4) is 0 Å². The van der Waals surface area contributed by atoms with E-state index in [1.54, 1.807) is 0 Å². The summed E-state index contributed by atoms with van der Waals surface area (Å²) in [4.78, 5) is 0. The van der Waals surface area contributed by atoms with Crippen molar-refractivity contribution in [3.8, 4) is 0 Å². The number of aryl methyl sites for hydroxylation is 3. The van der Waals surface area contributed by atoms with Crippen LogP contribution in [0, 0.1) is 27.7 Å². The van der Waals surface area contributed by atoms with Gasteiger partial charge in [0.2, 0.25) is 0 Å². The molecule has 0 heterocycles. The molecule has 0 amide bonds. The van der Waals surface area contributed by atoms with Crippen molar-refractivity contribution >= 4 is 11.1 Å². The summed E-state index contributed by atoms with van der Waals surface area (Å²) in [5.41, 5.74) is 13.5. The van der Waals surface area contributed by atoms with Gasteiger partial charge in [0.05, 0.1) is 0 Å². The molecule has 0 N–H and O–H groups in total. The number of allylic oxidation sites excluding steroid dienone is 3. The van der Waals surface area contributed by atoms with Gasteiger partial charge in [0.1, 0.15) is 0 Å². The van der Waals surface area contributed by atoms with Crippen LogP contribution >= 0.6 is 0 Å². The smallest absolute Gasteiger partial charge is 0.00107 e. The first-order chi connectivity index (χ1) is 11.4. The predicted octanol–water partition coefficient (Wildman–Crippen LogP) is 6.77. The third-order valence-electron chi connectivity index (χ3n) is 5.13. The molecule has 0 nitrogen and oxygen atoms in total. The van der Waals surface area contributed by atoms with Crippen molar-refractivity contribution in [3.05, 3.63) is 94.6 Å². The molecule has 124 valence electrons. The second-order valence-corrected chi connectivity index (χ2v) is 6.65. The highest BCUT2D eigenvalue weighted by Crippen LogP contribution is 2.39. The Hall–Kier alpha value is -2.34. The molecular formula is C24H28. The first-order valence-corrected chi connectivity index (χ1v) is 8.45. The first-order valence-electron chi connectivity index (χ1n) is 8.45. The highest BCUT2D eigenvalue weighted by Gasteiger charge is 2.20. The molecule has 3 rings (SSSR count). The molecular weight excluding hydrogens is 288 g/mol.